The first-order chi connectivity index (χ1) is 7.94. The zero-order chi connectivity index (χ0) is 13.1. The summed E-state index contributed by atoms with van der Waals surface area (Å²) in [5.74, 6) is -0.648. The van der Waals surface area contributed by atoms with Gasteiger partial charge in [0.25, 0.3) is 0 Å². The van der Waals surface area contributed by atoms with Crippen molar-refractivity contribution in [3.8, 4) is 0 Å². The molecule has 0 heterocycles. The van der Waals surface area contributed by atoms with Gasteiger partial charge in [-0.15, -0.1) is 0 Å². The highest BCUT2D eigenvalue weighted by Crippen LogP contribution is 2.47. The number of hydrogen-bond acceptors (Lipinski definition) is 3. The van der Waals surface area contributed by atoms with Crippen molar-refractivity contribution in [1.29, 1.82) is 0 Å². The molecule has 1 saturated carbocycles. The molecule has 6 heteroatoms. The van der Waals surface area contributed by atoms with Crippen molar-refractivity contribution < 1.29 is 9.59 Å². The molecule has 0 atom stereocenters. The lowest BCUT2D eigenvalue weighted by Gasteiger charge is -2.25. The molecule has 0 aromatic heterocycles. The van der Waals surface area contributed by atoms with E-state index in [2.05, 4.69) is 0 Å². The van der Waals surface area contributed by atoms with Crippen LogP contribution in [-0.2, 0) is 9.59 Å². The number of primary amides is 1. The molecule has 5 nitrogen and oxygen atoms in total. The Kier molecular flexibility index (Phi) is 4.45. The molecule has 1 aliphatic carbocycles. The highest BCUT2D eigenvalue weighted by molar-refractivity contribution is 7.80. The highest BCUT2D eigenvalue weighted by Gasteiger charge is 2.54. The first-order valence-electron chi connectivity index (χ1n) is 5.81. The second kappa shape index (κ2) is 5.44. The Hall–Kier alpha value is -1.17. The Morgan fingerprint density at radius 2 is 1.94 bits per heavy atom. The van der Waals surface area contributed by atoms with Gasteiger partial charge < -0.3 is 16.4 Å². The fourth-order valence-electron chi connectivity index (χ4n) is 1.78. The summed E-state index contributed by atoms with van der Waals surface area (Å²) in [6, 6.07) is 0. The molecule has 0 aromatic carbocycles. The third kappa shape index (κ3) is 3.15. The Labute approximate surface area is 107 Å². The van der Waals surface area contributed by atoms with E-state index in [1.165, 1.54) is 4.90 Å². The third-order valence-corrected chi connectivity index (χ3v) is 3.44. The summed E-state index contributed by atoms with van der Waals surface area (Å²) in [6.07, 6.45) is 3.15. The second-order valence-electron chi connectivity index (χ2n) is 4.49. The van der Waals surface area contributed by atoms with Gasteiger partial charge in [0.05, 0.1) is 16.9 Å². The van der Waals surface area contributed by atoms with Crippen LogP contribution in [0.25, 0.3) is 0 Å². The topological polar surface area (TPSA) is 89.4 Å². The maximum absolute atomic E-state index is 12.3. The molecule has 0 unspecified atom stereocenters. The maximum Gasteiger partial charge on any atom is 0.237 e. The minimum Gasteiger partial charge on any atom is -0.392 e. The fraction of sp³-hybridized carbons (Fsp3) is 0.727. The van der Waals surface area contributed by atoms with Crippen molar-refractivity contribution in [3.05, 3.63) is 0 Å². The molecular weight excluding hydrogens is 238 g/mol. The van der Waals surface area contributed by atoms with Gasteiger partial charge in [-0.25, -0.2) is 0 Å². The number of rotatable bonds is 7. The van der Waals surface area contributed by atoms with E-state index in [4.69, 9.17) is 23.7 Å². The van der Waals surface area contributed by atoms with Gasteiger partial charge in [-0.1, -0.05) is 25.6 Å². The highest BCUT2D eigenvalue weighted by atomic mass is 32.1. The lowest BCUT2D eigenvalue weighted by Crippen LogP contribution is -2.46. The Bertz CT molecular complexity index is 340. The molecule has 0 saturated heterocycles. The lowest BCUT2D eigenvalue weighted by atomic mass is 10.1. The number of carbonyl (C=O) groups is 2. The first-order valence-corrected chi connectivity index (χ1v) is 6.22. The maximum atomic E-state index is 12.3. The van der Waals surface area contributed by atoms with Crippen molar-refractivity contribution in [3.63, 3.8) is 0 Å². The van der Waals surface area contributed by atoms with Gasteiger partial charge in [-0.2, -0.15) is 0 Å². The van der Waals surface area contributed by atoms with E-state index in [-0.39, 0.29) is 17.4 Å². The molecule has 0 bridgehead atoms. The van der Waals surface area contributed by atoms with E-state index in [1.807, 2.05) is 6.92 Å². The monoisotopic (exact) mass is 257 g/mol. The number of nitrogens with zero attached hydrogens (tertiary/aromatic N) is 1. The molecule has 0 aliphatic heterocycles. The van der Waals surface area contributed by atoms with E-state index in [9.17, 15) is 9.59 Å². The summed E-state index contributed by atoms with van der Waals surface area (Å²) in [7, 11) is 0. The van der Waals surface area contributed by atoms with Gasteiger partial charge in [0.1, 0.15) is 0 Å². The van der Waals surface area contributed by atoms with Gasteiger partial charge in [0, 0.05) is 6.54 Å². The number of unbranched alkanes of at least 4 members (excludes halogenated alkanes) is 1. The number of nitrogens with two attached hydrogens (primary N) is 2. The Balaban J connectivity index is 2.72. The molecule has 1 aliphatic rings. The molecule has 96 valence electrons. The van der Waals surface area contributed by atoms with Crippen LogP contribution in [0.1, 0.15) is 32.6 Å². The average molecular weight is 257 g/mol. The largest absolute Gasteiger partial charge is 0.392 e. The lowest BCUT2D eigenvalue weighted by molar-refractivity contribution is -0.137. The summed E-state index contributed by atoms with van der Waals surface area (Å²) >= 11 is 4.93. The standard InChI is InChI=1S/C11H19N3O2S/c1-2-3-6-14(7-8(12)15)10(16)11(4-5-11)9(13)17/h2-7H2,1H3,(H2,12,15)(H2,13,17). The first kappa shape index (κ1) is 13.9. The molecule has 17 heavy (non-hydrogen) atoms. The van der Waals surface area contributed by atoms with Gasteiger partial charge in [-0.3, -0.25) is 9.59 Å². The second-order valence-corrected chi connectivity index (χ2v) is 4.93. The van der Waals surface area contributed by atoms with Crippen LogP contribution in [0.2, 0.25) is 0 Å². The average Bonchev–Trinajstić information content (AvgIpc) is 3.03. The Morgan fingerprint density at radius 1 is 1.35 bits per heavy atom. The van der Waals surface area contributed by atoms with Crippen LogP contribution < -0.4 is 11.5 Å². The van der Waals surface area contributed by atoms with Crippen molar-refractivity contribution >= 4 is 29.0 Å². The van der Waals surface area contributed by atoms with Crippen LogP contribution >= 0.6 is 12.2 Å². The molecule has 1 fully saturated rings. The third-order valence-electron chi connectivity index (χ3n) is 3.05. The van der Waals surface area contributed by atoms with Gasteiger partial charge >= 0.3 is 0 Å². The predicted molar refractivity (Wildman–Crippen MR) is 69.1 cm³/mol. The van der Waals surface area contributed by atoms with Crippen LogP contribution in [0.4, 0.5) is 0 Å². The number of carbonyl (C=O) groups excluding carboxylic acids is 2. The number of hydrogen-bond donors (Lipinski definition) is 2. The molecule has 0 radical (unpaired) electrons. The van der Waals surface area contributed by atoms with Gasteiger partial charge in [-0.05, 0) is 19.3 Å². The van der Waals surface area contributed by atoms with E-state index >= 15 is 0 Å². The van der Waals surface area contributed by atoms with E-state index in [0.717, 1.165) is 12.8 Å². The molecule has 0 spiro atoms. The number of amides is 2. The molecule has 2 amide bonds. The van der Waals surface area contributed by atoms with Crippen molar-refractivity contribution in [2.45, 2.75) is 32.6 Å². The van der Waals surface area contributed by atoms with E-state index < -0.39 is 11.3 Å². The summed E-state index contributed by atoms with van der Waals surface area (Å²) in [5.41, 5.74) is 10.0. The van der Waals surface area contributed by atoms with Crippen LogP contribution in [0.5, 0.6) is 0 Å². The molecular formula is C11H19N3O2S. The zero-order valence-electron chi connectivity index (χ0n) is 10.1. The fourth-order valence-corrected chi connectivity index (χ4v) is 2.07. The van der Waals surface area contributed by atoms with Crippen LogP contribution in [0, 0.1) is 5.41 Å². The number of thiocarbonyl (C=S) groups is 1. The van der Waals surface area contributed by atoms with Gasteiger partial charge in [0.2, 0.25) is 11.8 Å². The molecule has 4 N–H and O–H groups in total. The van der Waals surface area contributed by atoms with E-state index in [1.54, 1.807) is 0 Å². The molecule has 1 rings (SSSR count). The van der Waals surface area contributed by atoms with Crippen molar-refractivity contribution in [2.24, 2.45) is 16.9 Å². The predicted octanol–water partition coefficient (Wildman–Crippen LogP) is 0.167. The minimum absolute atomic E-state index is 0.0524. The summed E-state index contributed by atoms with van der Waals surface area (Å²) < 4.78 is 0. The van der Waals surface area contributed by atoms with E-state index in [0.29, 0.717) is 19.4 Å². The van der Waals surface area contributed by atoms with Gasteiger partial charge in [0.15, 0.2) is 0 Å². The van der Waals surface area contributed by atoms with Crippen molar-refractivity contribution in [1.82, 2.24) is 4.90 Å². The normalized spacial score (nSPS) is 16.3. The quantitative estimate of drug-likeness (QED) is 0.636. The molecule has 0 aromatic rings. The summed E-state index contributed by atoms with van der Waals surface area (Å²) in [5, 5.41) is 0. The van der Waals surface area contributed by atoms with Crippen LogP contribution in [-0.4, -0.2) is 34.8 Å². The van der Waals surface area contributed by atoms with Crippen LogP contribution in [0.3, 0.4) is 0 Å². The minimum atomic E-state index is -0.696. The zero-order valence-corrected chi connectivity index (χ0v) is 10.9. The SMILES string of the molecule is CCCCN(CC(N)=O)C(=O)C1(C(N)=S)CC1. The smallest absolute Gasteiger partial charge is 0.237 e. The summed E-state index contributed by atoms with van der Waals surface area (Å²) in [4.78, 5) is 24.9. The van der Waals surface area contributed by atoms with Crippen molar-refractivity contribution in [2.75, 3.05) is 13.1 Å². The Morgan fingerprint density at radius 3 is 2.29 bits per heavy atom. The summed E-state index contributed by atoms with van der Waals surface area (Å²) in [6.45, 7) is 2.50. The van der Waals surface area contributed by atoms with Crippen LogP contribution in [0.15, 0.2) is 0 Å².